The van der Waals surface area contributed by atoms with E-state index in [-0.39, 0.29) is 6.61 Å². The highest BCUT2D eigenvalue weighted by molar-refractivity contribution is 5.80. The Morgan fingerprint density at radius 2 is 1.76 bits per heavy atom. The van der Waals surface area contributed by atoms with Crippen LogP contribution < -0.4 is 9.64 Å². The maximum absolute atomic E-state index is 9.42. The van der Waals surface area contributed by atoms with Crippen molar-refractivity contribution in [1.29, 1.82) is 0 Å². The highest BCUT2D eigenvalue weighted by Gasteiger charge is 2.22. The molecule has 0 spiro atoms. The molecule has 0 saturated carbocycles. The topological polar surface area (TPSA) is 35.9 Å². The number of piperazine rings is 1. The minimum Gasteiger partial charge on any atom is -0.494 e. The first kappa shape index (κ1) is 17.8. The smallest absolute Gasteiger partial charge is 0.149 e. The summed E-state index contributed by atoms with van der Waals surface area (Å²) in [7, 11) is 1.75. The molecule has 1 heterocycles. The highest BCUT2D eigenvalue weighted by Crippen LogP contribution is 2.40. The van der Waals surface area contributed by atoms with Gasteiger partial charge in [-0.05, 0) is 36.2 Å². The molecule has 1 N–H and O–H groups in total. The summed E-state index contributed by atoms with van der Waals surface area (Å²) < 4.78 is 5.85. The van der Waals surface area contributed by atoms with Crippen molar-refractivity contribution >= 4 is 5.69 Å². The van der Waals surface area contributed by atoms with Crippen molar-refractivity contribution in [3.05, 3.63) is 48.0 Å². The summed E-state index contributed by atoms with van der Waals surface area (Å²) in [6.07, 6.45) is 0.658. The maximum Gasteiger partial charge on any atom is 0.149 e. The fourth-order valence-corrected chi connectivity index (χ4v) is 3.53. The number of likely N-dealkylation sites (N-methyl/N-ethyl adjacent to an activating group) is 1. The first-order valence-electron chi connectivity index (χ1n) is 9.11. The molecule has 0 atom stereocenters. The lowest BCUT2D eigenvalue weighted by molar-refractivity contribution is 0.270. The van der Waals surface area contributed by atoms with Gasteiger partial charge in [0.05, 0.1) is 12.8 Å². The minimum atomic E-state index is 0.156. The van der Waals surface area contributed by atoms with Crippen LogP contribution in [0.2, 0.25) is 0 Å². The second-order valence-corrected chi connectivity index (χ2v) is 6.46. The highest BCUT2D eigenvalue weighted by atomic mass is 16.5. The lowest BCUT2D eigenvalue weighted by atomic mass is 9.98. The van der Waals surface area contributed by atoms with Gasteiger partial charge >= 0.3 is 0 Å². The van der Waals surface area contributed by atoms with Crippen LogP contribution >= 0.6 is 0 Å². The number of rotatable bonds is 6. The molecule has 0 amide bonds. The van der Waals surface area contributed by atoms with E-state index >= 15 is 0 Å². The zero-order valence-electron chi connectivity index (χ0n) is 15.2. The van der Waals surface area contributed by atoms with Crippen LogP contribution in [0.4, 0.5) is 5.69 Å². The predicted octanol–water partition coefficient (Wildman–Crippen LogP) is 3.04. The third-order valence-corrected chi connectivity index (χ3v) is 4.98. The van der Waals surface area contributed by atoms with E-state index < -0.39 is 0 Å². The number of anilines is 1. The Balaban J connectivity index is 2.02. The largest absolute Gasteiger partial charge is 0.494 e. The van der Waals surface area contributed by atoms with Gasteiger partial charge < -0.3 is 19.6 Å². The average Bonchev–Trinajstić information content (AvgIpc) is 2.68. The molecule has 1 aliphatic rings. The quantitative estimate of drug-likeness (QED) is 0.877. The van der Waals surface area contributed by atoms with Crippen molar-refractivity contribution in [2.24, 2.45) is 0 Å². The van der Waals surface area contributed by atoms with Gasteiger partial charge in [0, 0.05) is 38.3 Å². The van der Waals surface area contributed by atoms with Gasteiger partial charge in [0.15, 0.2) is 0 Å². The Labute approximate surface area is 150 Å². The number of ether oxygens (including phenoxy) is 1. The third kappa shape index (κ3) is 3.97. The molecule has 2 aromatic carbocycles. The van der Waals surface area contributed by atoms with Crippen LogP contribution in [0, 0.1) is 0 Å². The molecule has 25 heavy (non-hydrogen) atoms. The van der Waals surface area contributed by atoms with Gasteiger partial charge in [0.1, 0.15) is 5.75 Å². The fraction of sp³-hybridized carbons (Fsp3) is 0.429. The summed E-state index contributed by atoms with van der Waals surface area (Å²) in [5, 5.41) is 9.42. The molecule has 0 aliphatic carbocycles. The van der Waals surface area contributed by atoms with Crippen molar-refractivity contribution in [3.63, 3.8) is 0 Å². The van der Waals surface area contributed by atoms with Gasteiger partial charge in [0.2, 0.25) is 0 Å². The molecular formula is C21H28N2O2. The molecular weight excluding hydrogens is 312 g/mol. The first-order chi connectivity index (χ1) is 12.3. The minimum absolute atomic E-state index is 0.156. The fourth-order valence-electron chi connectivity index (χ4n) is 3.53. The van der Waals surface area contributed by atoms with Crippen LogP contribution in [0.15, 0.2) is 42.5 Å². The summed E-state index contributed by atoms with van der Waals surface area (Å²) >= 11 is 0. The van der Waals surface area contributed by atoms with E-state index in [1.165, 1.54) is 0 Å². The van der Waals surface area contributed by atoms with Crippen molar-refractivity contribution < 1.29 is 9.84 Å². The Morgan fingerprint density at radius 1 is 1.04 bits per heavy atom. The van der Waals surface area contributed by atoms with E-state index in [4.69, 9.17) is 4.74 Å². The molecule has 2 aromatic rings. The molecule has 1 fully saturated rings. The van der Waals surface area contributed by atoms with E-state index in [0.29, 0.717) is 6.42 Å². The molecule has 0 bridgehead atoms. The lowest BCUT2D eigenvalue weighted by Gasteiger charge is -2.36. The molecule has 3 rings (SSSR count). The lowest BCUT2D eigenvalue weighted by Crippen LogP contribution is -2.46. The Hall–Kier alpha value is -2.04. The van der Waals surface area contributed by atoms with Gasteiger partial charge in [0.25, 0.3) is 0 Å². The van der Waals surface area contributed by atoms with Gasteiger partial charge in [-0.2, -0.15) is 0 Å². The van der Waals surface area contributed by atoms with Crippen LogP contribution in [0.5, 0.6) is 5.75 Å². The van der Waals surface area contributed by atoms with E-state index in [1.54, 1.807) is 7.11 Å². The van der Waals surface area contributed by atoms with Crippen LogP contribution in [-0.2, 0) is 6.42 Å². The van der Waals surface area contributed by atoms with Crippen molar-refractivity contribution in [1.82, 2.24) is 4.90 Å². The molecule has 0 radical (unpaired) electrons. The molecule has 4 heteroatoms. The molecule has 4 nitrogen and oxygen atoms in total. The standard InChI is InChI=1S/C21H28N2O2/c1-3-22-10-12-23(13-11-22)20-16-17(9-14-24)15-19(21(20)25-2)18-7-5-4-6-8-18/h4-8,15-16,24H,3,9-14H2,1-2H3. The van der Waals surface area contributed by atoms with Gasteiger partial charge in [-0.25, -0.2) is 0 Å². The number of hydrogen-bond acceptors (Lipinski definition) is 4. The SMILES string of the molecule is CCN1CCN(c2cc(CCO)cc(-c3ccccc3)c2OC)CC1. The summed E-state index contributed by atoms with van der Waals surface area (Å²) in [6.45, 7) is 7.62. The zero-order chi connectivity index (χ0) is 17.6. The second-order valence-electron chi connectivity index (χ2n) is 6.46. The van der Waals surface area contributed by atoms with Crippen LogP contribution in [0.25, 0.3) is 11.1 Å². The summed E-state index contributed by atoms with van der Waals surface area (Å²) in [5.74, 6) is 0.929. The van der Waals surface area contributed by atoms with E-state index in [1.807, 2.05) is 18.2 Å². The van der Waals surface area contributed by atoms with Crippen molar-refractivity contribution in [3.8, 4) is 16.9 Å². The summed E-state index contributed by atoms with van der Waals surface area (Å²) in [5.41, 5.74) is 4.53. The molecule has 1 aliphatic heterocycles. The molecule has 0 aromatic heterocycles. The maximum atomic E-state index is 9.42. The number of aliphatic hydroxyl groups is 1. The number of aliphatic hydroxyl groups excluding tert-OH is 1. The number of hydrogen-bond donors (Lipinski definition) is 1. The summed E-state index contributed by atoms with van der Waals surface area (Å²) in [6, 6.07) is 14.7. The molecule has 134 valence electrons. The normalized spacial score (nSPS) is 15.4. The average molecular weight is 340 g/mol. The Kier molecular flexibility index (Phi) is 5.95. The van der Waals surface area contributed by atoms with Gasteiger partial charge in [-0.15, -0.1) is 0 Å². The predicted molar refractivity (Wildman–Crippen MR) is 104 cm³/mol. The second kappa shape index (κ2) is 8.37. The van der Waals surface area contributed by atoms with Crippen molar-refractivity contribution in [2.45, 2.75) is 13.3 Å². The number of benzene rings is 2. The van der Waals surface area contributed by atoms with Crippen LogP contribution in [0.1, 0.15) is 12.5 Å². The van der Waals surface area contributed by atoms with Crippen molar-refractivity contribution in [2.75, 3.05) is 51.3 Å². The first-order valence-corrected chi connectivity index (χ1v) is 9.11. The third-order valence-electron chi connectivity index (χ3n) is 4.98. The Bertz CT molecular complexity index is 680. The summed E-state index contributed by atoms with van der Waals surface area (Å²) in [4.78, 5) is 4.89. The molecule has 0 unspecified atom stereocenters. The van der Waals surface area contributed by atoms with E-state index in [9.17, 15) is 5.11 Å². The monoisotopic (exact) mass is 340 g/mol. The van der Waals surface area contributed by atoms with Crippen LogP contribution in [0.3, 0.4) is 0 Å². The van der Waals surface area contributed by atoms with Gasteiger partial charge in [-0.3, -0.25) is 0 Å². The zero-order valence-corrected chi connectivity index (χ0v) is 15.2. The van der Waals surface area contributed by atoms with E-state index in [0.717, 1.165) is 60.9 Å². The van der Waals surface area contributed by atoms with Crippen LogP contribution in [-0.4, -0.2) is 56.4 Å². The number of methoxy groups -OCH3 is 1. The number of nitrogens with zero attached hydrogens (tertiary/aromatic N) is 2. The Morgan fingerprint density at radius 3 is 2.36 bits per heavy atom. The van der Waals surface area contributed by atoms with E-state index in [2.05, 4.69) is 41.0 Å². The molecule has 1 saturated heterocycles. The van der Waals surface area contributed by atoms with Gasteiger partial charge in [-0.1, -0.05) is 37.3 Å².